The number of ether oxygens (including phenoxy) is 2. The summed E-state index contributed by atoms with van der Waals surface area (Å²) in [6.07, 6.45) is 0. The summed E-state index contributed by atoms with van der Waals surface area (Å²) >= 11 is 0. The zero-order chi connectivity index (χ0) is 21.8. The highest BCUT2D eigenvalue weighted by Gasteiger charge is 2.19. The number of nitrogens with one attached hydrogen (secondary N) is 1. The molecule has 11 heteroatoms. The fourth-order valence-electron chi connectivity index (χ4n) is 2.54. The normalized spacial score (nSPS) is 10.5. The average Bonchev–Trinajstić information content (AvgIpc) is 2.72. The number of para-hydroxylation sites is 1. The summed E-state index contributed by atoms with van der Waals surface area (Å²) in [6.45, 7) is -0.865. The maximum atomic E-state index is 13.7. The van der Waals surface area contributed by atoms with Crippen LogP contribution in [-0.4, -0.2) is 30.5 Å². The van der Waals surface area contributed by atoms with Gasteiger partial charge in [-0.05, 0) is 18.2 Å². The molecular weight excluding hydrogens is 403 g/mol. The van der Waals surface area contributed by atoms with Crippen molar-refractivity contribution in [1.82, 2.24) is 0 Å². The maximum absolute atomic E-state index is 13.7. The molecule has 0 aliphatic heterocycles. The number of anilines is 1. The van der Waals surface area contributed by atoms with Gasteiger partial charge in [0.05, 0.1) is 17.7 Å². The summed E-state index contributed by atoms with van der Waals surface area (Å²) in [5, 5.41) is 13.2. The molecule has 0 aliphatic rings. The van der Waals surface area contributed by atoms with Crippen LogP contribution in [0.2, 0.25) is 0 Å². The van der Waals surface area contributed by atoms with Gasteiger partial charge in [0, 0.05) is 17.5 Å². The monoisotopic (exact) mass is 416 g/mol. The van der Waals surface area contributed by atoms with E-state index in [1.807, 2.05) is 0 Å². The number of esters is 1. The number of carbonyl (C=O) groups excluding carboxylic acids is 2. The molecule has 1 amide bonds. The Morgan fingerprint density at radius 3 is 2.70 bits per heavy atom. The van der Waals surface area contributed by atoms with Crippen LogP contribution in [0.15, 0.2) is 51.7 Å². The largest absolute Gasteiger partial charge is 0.493 e. The minimum absolute atomic E-state index is 0.139. The molecule has 3 aromatic rings. The molecule has 1 aromatic heterocycles. The number of methoxy groups -OCH3 is 1. The maximum Gasteiger partial charge on any atom is 0.351 e. The van der Waals surface area contributed by atoms with Gasteiger partial charge < -0.3 is 19.2 Å². The van der Waals surface area contributed by atoms with Crippen molar-refractivity contribution in [3.63, 3.8) is 0 Å². The fourth-order valence-corrected chi connectivity index (χ4v) is 2.54. The van der Waals surface area contributed by atoms with E-state index in [0.29, 0.717) is 11.1 Å². The van der Waals surface area contributed by atoms with Crippen molar-refractivity contribution < 1.29 is 32.8 Å². The highest BCUT2D eigenvalue weighted by atomic mass is 19.1. The summed E-state index contributed by atoms with van der Waals surface area (Å²) in [4.78, 5) is 46.2. The molecule has 0 fully saturated rings. The van der Waals surface area contributed by atoms with E-state index < -0.39 is 51.8 Å². The third-order valence-corrected chi connectivity index (χ3v) is 3.93. The molecule has 0 spiro atoms. The van der Waals surface area contributed by atoms with Gasteiger partial charge in [-0.3, -0.25) is 14.9 Å². The SMILES string of the molecule is COc1cccc2cc(C(=O)OCC(=O)Nc3cc([N+](=O)[O-])ccc3F)c(=O)oc12. The van der Waals surface area contributed by atoms with Crippen molar-refractivity contribution >= 4 is 34.2 Å². The number of carbonyl (C=O) groups is 2. The Morgan fingerprint density at radius 2 is 2.00 bits per heavy atom. The number of amides is 1. The zero-order valence-electron chi connectivity index (χ0n) is 15.3. The minimum Gasteiger partial charge on any atom is -0.493 e. The van der Waals surface area contributed by atoms with E-state index in [0.717, 1.165) is 18.2 Å². The van der Waals surface area contributed by atoms with Crippen LogP contribution in [-0.2, 0) is 9.53 Å². The molecule has 0 atom stereocenters. The van der Waals surface area contributed by atoms with Gasteiger partial charge in [0.1, 0.15) is 11.4 Å². The Morgan fingerprint density at radius 1 is 1.23 bits per heavy atom. The number of nitrogens with zero attached hydrogens (tertiary/aromatic N) is 1. The van der Waals surface area contributed by atoms with Crippen molar-refractivity contribution in [3.8, 4) is 5.75 Å². The highest BCUT2D eigenvalue weighted by Crippen LogP contribution is 2.24. The van der Waals surface area contributed by atoms with E-state index in [1.54, 1.807) is 18.2 Å². The van der Waals surface area contributed by atoms with Crippen LogP contribution in [0.4, 0.5) is 15.8 Å². The molecule has 0 unspecified atom stereocenters. The number of rotatable bonds is 6. The first-order chi connectivity index (χ1) is 14.3. The van der Waals surface area contributed by atoms with Crippen LogP contribution in [0.5, 0.6) is 5.75 Å². The van der Waals surface area contributed by atoms with Gasteiger partial charge in [0.2, 0.25) is 0 Å². The van der Waals surface area contributed by atoms with Gasteiger partial charge in [0.15, 0.2) is 17.9 Å². The molecule has 1 heterocycles. The molecule has 10 nitrogen and oxygen atoms in total. The Hall–Kier alpha value is -4.28. The summed E-state index contributed by atoms with van der Waals surface area (Å²) in [5.74, 6) is -2.72. The molecule has 154 valence electrons. The van der Waals surface area contributed by atoms with Crippen LogP contribution in [0, 0.1) is 15.9 Å². The predicted molar refractivity (Wildman–Crippen MR) is 101 cm³/mol. The second-order valence-corrected chi connectivity index (χ2v) is 5.87. The van der Waals surface area contributed by atoms with Gasteiger partial charge in [-0.1, -0.05) is 12.1 Å². The first-order valence-electron chi connectivity index (χ1n) is 8.32. The second-order valence-electron chi connectivity index (χ2n) is 5.87. The fraction of sp³-hybridized carbons (Fsp3) is 0.105. The lowest BCUT2D eigenvalue weighted by Crippen LogP contribution is -2.24. The molecule has 1 N–H and O–H groups in total. The summed E-state index contributed by atoms with van der Waals surface area (Å²) in [7, 11) is 1.39. The molecule has 0 bridgehead atoms. The van der Waals surface area contributed by atoms with Gasteiger partial charge in [0.25, 0.3) is 11.6 Å². The molecule has 0 aliphatic carbocycles. The Balaban J connectivity index is 1.72. The number of non-ortho nitro benzene ring substituents is 1. The van der Waals surface area contributed by atoms with Gasteiger partial charge >= 0.3 is 11.6 Å². The smallest absolute Gasteiger partial charge is 0.351 e. The lowest BCUT2D eigenvalue weighted by Gasteiger charge is -2.08. The van der Waals surface area contributed by atoms with Gasteiger partial charge in [-0.25, -0.2) is 14.0 Å². The number of hydrogen-bond acceptors (Lipinski definition) is 8. The zero-order valence-corrected chi connectivity index (χ0v) is 15.3. The van der Waals surface area contributed by atoms with Crippen molar-refractivity contribution in [3.05, 3.63) is 74.4 Å². The first kappa shape index (κ1) is 20.5. The Bertz CT molecular complexity index is 1220. The van der Waals surface area contributed by atoms with Crippen molar-refractivity contribution in [2.45, 2.75) is 0 Å². The van der Waals surface area contributed by atoms with Crippen molar-refractivity contribution in [2.24, 2.45) is 0 Å². The summed E-state index contributed by atoms with van der Waals surface area (Å²) in [5.41, 5.74) is -2.21. The third kappa shape index (κ3) is 4.24. The average molecular weight is 416 g/mol. The summed E-state index contributed by atoms with van der Waals surface area (Å²) in [6, 6.07) is 8.56. The number of halogens is 1. The standard InChI is InChI=1S/C19H13FN2O8/c1-28-15-4-2-3-10-7-12(19(25)30-17(10)15)18(24)29-9-16(23)21-14-8-11(22(26)27)5-6-13(14)20/h2-8H,9H2,1H3,(H,21,23). The van der Waals surface area contributed by atoms with Crippen molar-refractivity contribution in [1.29, 1.82) is 0 Å². The molecular formula is C19H13FN2O8. The molecule has 0 saturated carbocycles. The third-order valence-electron chi connectivity index (χ3n) is 3.93. The summed E-state index contributed by atoms with van der Waals surface area (Å²) < 4.78 is 28.6. The lowest BCUT2D eigenvalue weighted by atomic mass is 10.2. The predicted octanol–water partition coefficient (Wildman–Crippen LogP) is 2.64. The number of fused-ring (bicyclic) bond motifs is 1. The van der Waals surface area contributed by atoms with E-state index in [9.17, 15) is 28.9 Å². The van der Waals surface area contributed by atoms with E-state index in [1.165, 1.54) is 13.2 Å². The van der Waals surface area contributed by atoms with E-state index in [4.69, 9.17) is 13.9 Å². The molecule has 0 saturated heterocycles. The van der Waals surface area contributed by atoms with Gasteiger partial charge in [-0.2, -0.15) is 0 Å². The molecule has 0 radical (unpaired) electrons. The van der Waals surface area contributed by atoms with Crippen LogP contribution in [0.1, 0.15) is 10.4 Å². The van der Waals surface area contributed by atoms with E-state index in [-0.39, 0.29) is 5.58 Å². The van der Waals surface area contributed by atoms with E-state index in [2.05, 4.69) is 5.32 Å². The topological polar surface area (TPSA) is 138 Å². The van der Waals surface area contributed by atoms with Crippen molar-refractivity contribution in [2.75, 3.05) is 19.0 Å². The Labute approximate surface area is 167 Å². The number of nitro groups is 1. The van der Waals surface area contributed by atoms with E-state index >= 15 is 0 Å². The molecule has 2 aromatic carbocycles. The molecule has 3 rings (SSSR count). The minimum atomic E-state index is -1.14. The van der Waals surface area contributed by atoms with Crippen LogP contribution in [0.3, 0.4) is 0 Å². The van der Waals surface area contributed by atoms with Crippen LogP contribution >= 0.6 is 0 Å². The number of benzene rings is 2. The second kappa shape index (κ2) is 8.39. The molecule has 30 heavy (non-hydrogen) atoms. The number of nitro benzene ring substituents is 1. The quantitative estimate of drug-likeness (QED) is 0.280. The number of hydrogen-bond donors (Lipinski definition) is 1. The Kier molecular flexibility index (Phi) is 5.72. The van der Waals surface area contributed by atoms with Crippen LogP contribution < -0.4 is 15.7 Å². The van der Waals surface area contributed by atoms with Gasteiger partial charge in [-0.15, -0.1) is 0 Å². The lowest BCUT2D eigenvalue weighted by molar-refractivity contribution is -0.384. The van der Waals surface area contributed by atoms with Crippen LogP contribution in [0.25, 0.3) is 11.0 Å². The highest BCUT2D eigenvalue weighted by molar-refractivity contribution is 5.97. The first-order valence-corrected chi connectivity index (χ1v) is 8.32.